The van der Waals surface area contributed by atoms with E-state index in [0.29, 0.717) is 51.4 Å². The van der Waals surface area contributed by atoms with E-state index < -0.39 is 19.7 Å². The standard InChI is InChI=1S/C18H34O8S2/c1-25-17(19)11-5-3-7-13-27(21,22)15-9-10-16-28(23,24)14-8-4-6-12-18(20)26-2/h3-16H2,1-2H3. The normalized spacial score (nSPS) is 11.9. The fraction of sp³-hybridized carbons (Fsp3) is 0.889. The van der Waals surface area contributed by atoms with Crippen LogP contribution in [-0.2, 0) is 38.7 Å². The maximum Gasteiger partial charge on any atom is 0.305 e. The molecule has 0 radical (unpaired) electrons. The van der Waals surface area contributed by atoms with Crippen molar-refractivity contribution < 1.29 is 35.9 Å². The summed E-state index contributed by atoms with van der Waals surface area (Å²) in [4.78, 5) is 21.9. The number of unbranched alkanes of at least 4 members (excludes halogenated alkanes) is 5. The van der Waals surface area contributed by atoms with Crippen molar-refractivity contribution in [2.45, 2.75) is 64.2 Å². The van der Waals surface area contributed by atoms with E-state index in [1.165, 1.54) is 14.2 Å². The Bertz CT molecular complexity index is 595. The number of rotatable bonds is 17. The highest BCUT2D eigenvalue weighted by Gasteiger charge is 2.14. The molecule has 0 saturated heterocycles. The van der Waals surface area contributed by atoms with Crippen LogP contribution >= 0.6 is 0 Å². The fourth-order valence-corrected chi connectivity index (χ4v) is 5.57. The van der Waals surface area contributed by atoms with Crippen LogP contribution in [0.25, 0.3) is 0 Å². The van der Waals surface area contributed by atoms with Gasteiger partial charge in [0, 0.05) is 12.8 Å². The number of esters is 2. The maximum atomic E-state index is 12.0. The Kier molecular flexibility index (Phi) is 14.2. The zero-order chi connectivity index (χ0) is 21.5. The Balaban J connectivity index is 3.84. The molecule has 0 aliphatic carbocycles. The smallest absolute Gasteiger partial charge is 0.305 e. The van der Waals surface area contributed by atoms with Crippen LogP contribution in [0.5, 0.6) is 0 Å². The van der Waals surface area contributed by atoms with Crippen LogP contribution in [0.15, 0.2) is 0 Å². The van der Waals surface area contributed by atoms with E-state index in [-0.39, 0.29) is 47.8 Å². The fourth-order valence-electron chi connectivity index (χ4n) is 2.59. The largest absolute Gasteiger partial charge is 0.469 e. The average molecular weight is 443 g/mol. The Labute approximate surface area is 169 Å². The predicted octanol–water partition coefficient (Wildman–Crippen LogP) is 2.06. The number of hydrogen-bond acceptors (Lipinski definition) is 8. The summed E-state index contributed by atoms with van der Waals surface area (Å²) in [7, 11) is -3.76. The highest BCUT2D eigenvalue weighted by molar-refractivity contribution is 7.91. The van der Waals surface area contributed by atoms with Crippen molar-refractivity contribution in [1.82, 2.24) is 0 Å². The zero-order valence-electron chi connectivity index (χ0n) is 17.0. The highest BCUT2D eigenvalue weighted by Crippen LogP contribution is 2.09. The van der Waals surface area contributed by atoms with Crippen molar-refractivity contribution in [1.29, 1.82) is 0 Å². The van der Waals surface area contributed by atoms with E-state index in [1.807, 2.05) is 0 Å². The summed E-state index contributed by atoms with van der Waals surface area (Å²) in [5.41, 5.74) is 0. The van der Waals surface area contributed by atoms with Crippen molar-refractivity contribution in [3.8, 4) is 0 Å². The van der Waals surface area contributed by atoms with Gasteiger partial charge in [0.1, 0.15) is 19.7 Å². The first-order valence-corrected chi connectivity index (χ1v) is 13.3. The van der Waals surface area contributed by atoms with Crippen molar-refractivity contribution in [2.24, 2.45) is 0 Å². The van der Waals surface area contributed by atoms with Gasteiger partial charge in [0.05, 0.1) is 37.2 Å². The van der Waals surface area contributed by atoms with Gasteiger partial charge in [-0.25, -0.2) is 16.8 Å². The molecule has 0 saturated carbocycles. The second-order valence-corrected chi connectivity index (χ2v) is 11.4. The van der Waals surface area contributed by atoms with Gasteiger partial charge in [-0.05, 0) is 38.5 Å². The van der Waals surface area contributed by atoms with Crippen LogP contribution in [-0.4, -0.2) is 66.0 Å². The molecule has 0 fully saturated rings. The lowest BCUT2D eigenvalue weighted by Gasteiger charge is -2.06. The molecule has 166 valence electrons. The van der Waals surface area contributed by atoms with Crippen molar-refractivity contribution >= 4 is 31.6 Å². The molecule has 0 aromatic carbocycles. The number of sulfone groups is 2. The van der Waals surface area contributed by atoms with Gasteiger partial charge in [-0.1, -0.05) is 12.8 Å². The zero-order valence-corrected chi connectivity index (χ0v) is 18.6. The maximum absolute atomic E-state index is 12.0. The molecule has 8 nitrogen and oxygen atoms in total. The monoisotopic (exact) mass is 442 g/mol. The molecule has 0 aromatic rings. The Morgan fingerprint density at radius 2 is 0.821 bits per heavy atom. The second kappa shape index (κ2) is 14.8. The summed E-state index contributed by atoms with van der Waals surface area (Å²) in [5.74, 6) is -0.514. The van der Waals surface area contributed by atoms with Gasteiger partial charge < -0.3 is 9.47 Å². The average Bonchev–Trinajstić information content (AvgIpc) is 2.64. The first-order chi connectivity index (χ1) is 13.1. The molecule has 0 heterocycles. The van der Waals surface area contributed by atoms with Crippen LogP contribution in [0.2, 0.25) is 0 Å². The van der Waals surface area contributed by atoms with Gasteiger partial charge in [-0.15, -0.1) is 0 Å². The molecule has 0 spiro atoms. The molecule has 0 aliphatic rings. The third-order valence-corrected chi connectivity index (χ3v) is 7.93. The Morgan fingerprint density at radius 1 is 0.536 bits per heavy atom. The van der Waals surface area contributed by atoms with Crippen molar-refractivity contribution in [3.63, 3.8) is 0 Å². The van der Waals surface area contributed by atoms with Crippen LogP contribution in [0.3, 0.4) is 0 Å². The van der Waals surface area contributed by atoms with Gasteiger partial charge >= 0.3 is 11.9 Å². The van der Waals surface area contributed by atoms with Gasteiger partial charge in [0.15, 0.2) is 0 Å². The van der Waals surface area contributed by atoms with E-state index in [4.69, 9.17) is 0 Å². The van der Waals surface area contributed by atoms with Crippen LogP contribution in [0, 0.1) is 0 Å². The summed E-state index contributed by atoms with van der Waals surface area (Å²) in [6.45, 7) is 0. The summed E-state index contributed by atoms with van der Waals surface area (Å²) < 4.78 is 56.8. The first-order valence-electron chi connectivity index (χ1n) is 9.66. The van der Waals surface area contributed by atoms with E-state index >= 15 is 0 Å². The summed E-state index contributed by atoms with van der Waals surface area (Å²) in [6, 6.07) is 0. The lowest BCUT2D eigenvalue weighted by Crippen LogP contribution is -2.15. The Morgan fingerprint density at radius 3 is 1.11 bits per heavy atom. The summed E-state index contributed by atoms with van der Waals surface area (Å²) in [5, 5.41) is 0. The Hall–Kier alpha value is -1.16. The molecule has 0 unspecified atom stereocenters. The van der Waals surface area contributed by atoms with E-state index in [2.05, 4.69) is 9.47 Å². The van der Waals surface area contributed by atoms with E-state index in [1.54, 1.807) is 0 Å². The van der Waals surface area contributed by atoms with Gasteiger partial charge in [0.2, 0.25) is 0 Å². The molecule has 0 aliphatic heterocycles. The third kappa shape index (κ3) is 15.9. The molecular formula is C18H34O8S2. The first kappa shape index (κ1) is 26.8. The number of ether oxygens (including phenoxy) is 2. The topological polar surface area (TPSA) is 121 Å². The minimum atomic E-state index is -3.20. The lowest BCUT2D eigenvalue weighted by atomic mass is 10.2. The second-order valence-electron chi connectivity index (χ2n) is 6.78. The van der Waals surface area contributed by atoms with Crippen molar-refractivity contribution in [2.75, 3.05) is 37.2 Å². The highest BCUT2D eigenvalue weighted by atomic mass is 32.2. The molecular weight excluding hydrogens is 408 g/mol. The van der Waals surface area contributed by atoms with Gasteiger partial charge in [-0.3, -0.25) is 9.59 Å². The molecule has 10 heteroatoms. The molecule has 0 amide bonds. The quantitative estimate of drug-likeness (QED) is 0.248. The molecule has 0 N–H and O–H groups in total. The molecule has 28 heavy (non-hydrogen) atoms. The summed E-state index contributed by atoms with van der Waals surface area (Å²) in [6.07, 6.45) is 4.68. The number of hydrogen-bond donors (Lipinski definition) is 0. The molecule has 0 bridgehead atoms. The van der Waals surface area contributed by atoms with E-state index in [9.17, 15) is 26.4 Å². The SMILES string of the molecule is COC(=O)CCCCCS(=O)(=O)CCCCS(=O)(=O)CCCCCC(=O)OC. The van der Waals surface area contributed by atoms with Crippen LogP contribution < -0.4 is 0 Å². The van der Waals surface area contributed by atoms with Gasteiger partial charge in [0.25, 0.3) is 0 Å². The lowest BCUT2D eigenvalue weighted by molar-refractivity contribution is -0.141. The van der Waals surface area contributed by atoms with Crippen LogP contribution in [0.4, 0.5) is 0 Å². The molecule has 0 aromatic heterocycles. The number of methoxy groups -OCH3 is 2. The minimum absolute atomic E-state index is 0.0152. The van der Waals surface area contributed by atoms with Gasteiger partial charge in [-0.2, -0.15) is 0 Å². The third-order valence-electron chi connectivity index (χ3n) is 4.29. The van der Waals surface area contributed by atoms with Crippen molar-refractivity contribution in [3.05, 3.63) is 0 Å². The predicted molar refractivity (Wildman–Crippen MR) is 108 cm³/mol. The minimum Gasteiger partial charge on any atom is -0.469 e. The number of carbonyl (C=O) groups is 2. The number of carbonyl (C=O) groups excluding carboxylic acids is 2. The van der Waals surface area contributed by atoms with Crippen LogP contribution in [0.1, 0.15) is 64.2 Å². The van der Waals surface area contributed by atoms with E-state index in [0.717, 1.165) is 0 Å². The summed E-state index contributed by atoms with van der Waals surface area (Å²) >= 11 is 0. The molecule has 0 rings (SSSR count). The molecule has 0 atom stereocenters.